The molecule has 2 aromatic rings. The molecule has 2 rings (SSSR count). The lowest BCUT2D eigenvalue weighted by atomic mass is 10.3. The predicted molar refractivity (Wildman–Crippen MR) is 101 cm³/mol. The van der Waals surface area contributed by atoms with E-state index in [1.807, 2.05) is 40.0 Å². The molecule has 0 aliphatic carbocycles. The monoisotopic (exact) mass is 362 g/mol. The fraction of sp³-hybridized carbons (Fsp3) is 0.500. The molecule has 7 heteroatoms. The highest BCUT2D eigenvalue weighted by molar-refractivity contribution is 7.98. The van der Waals surface area contributed by atoms with Crippen LogP contribution in [0, 0.1) is 6.92 Å². The molecule has 2 aromatic heterocycles. The second kappa shape index (κ2) is 8.89. The molecule has 0 bridgehead atoms. The highest BCUT2D eigenvalue weighted by Gasteiger charge is 2.13. The van der Waals surface area contributed by atoms with Crippen LogP contribution in [-0.4, -0.2) is 35.5 Å². The number of carbonyl (C=O) groups is 1. The van der Waals surface area contributed by atoms with E-state index in [4.69, 9.17) is 4.42 Å². The predicted octanol–water partition coefficient (Wildman–Crippen LogP) is 3.65. The second-order valence-corrected chi connectivity index (χ2v) is 7.20. The Morgan fingerprint density at radius 3 is 2.80 bits per heavy atom. The van der Waals surface area contributed by atoms with Crippen LogP contribution in [0.15, 0.2) is 27.8 Å². The third kappa shape index (κ3) is 5.77. The number of hydrogen-bond acceptors (Lipinski definition) is 6. The minimum Gasteiger partial charge on any atom is -0.455 e. The van der Waals surface area contributed by atoms with E-state index in [2.05, 4.69) is 27.1 Å². The second-order valence-electron chi connectivity index (χ2n) is 6.25. The summed E-state index contributed by atoms with van der Waals surface area (Å²) >= 11 is 1.50. The van der Waals surface area contributed by atoms with Crippen LogP contribution in [-0.2, 0) is 5.75 Å². The Morgan fingerprint density at radius 2 is 2.12 bits per heavy atom. The molecule has 136 valence electrons. The Morgan fingerprint density at radius 1 is 1.36 bits per heavy atom. The van der Waals surface area contributed by atoms with E-state index in [-0.39, 0.29) is 11.9 Å². The molecule has 1 N–H and O–H groups in total. The number of rotatable bonds is 8. The molecule has 2 heterocycles. The first-order chi connectivity index (χ1) is 11.9. The molecule has 0 radical (unpaired) electrons. The topological polar surface area (TPSA) is 71.3 Å². The molecule has 0 spiro atoms. The van der Waals surface area contributed by atoms with Crippen LogP contribution in [0.2, 0.25) is 0 Å². The highest BCUT2D eigenvalue weighted by Crippen LogP contribution is 2.23. The molecule has 0 saturated heterocycles. The molecule has 6 nitrogen and oxygen atoms in total. The maximum absolute atomic E-state index is 11.9. The molecule has 1 amide bonds. The molecular formula is C18H26N4O2S. The van der Waals surface area contributed by atoms with Crippen LogP contribution in [0.1, 0.15) is 49.2 Å². The lowest BCUT2D eigenvalue weighted by Crippen LogP contribution is -2.29. The molecule has 0 aromatic carbocycles. The van der Waals surface area contributed by atoms with Crippen molar-refractivity contribution >= 4 is 23.5 Å². The van der Waals surface area contributed by atoms with Gasteiger partial charge in [-0.2, -0.15) is 0 Å². The summed E-state index contributed by atoms with van der Waals surface area (Å²) in [6.07, 6.45) is 1.07. The molecule has 0 aliphatic rings. The standard InChI is InChI=1S/C18H26N4O2S/c1-6-9-22(5)16-10-13(4)20-18(21-16)25-11-14-7-8-15(24-14)17(23)19-12(2)3/h7-8,10,12H,6,9,11H2,1-5H3,(H,19,23). The average molecular weight is 362 g/mol. The number of nitrogens with zero attached hydrogens (tertiary/aromatic N) is 3. The zero-order chi connectivity index (χ0) is 18.4. The van der Waals surface area contributed by atoms with Gasteiger partial charge >= 0.3 is 0 Å². The summed E-state index contributed by atoms with van der Waals surface area (Å²) in [7, 11) is 2.03. The maximum Gasteiger partial charge on any atom is 0.287 e. The summed E-state index contributed by atoms with van der Waals surface area (Å²) in [6, 6.07) is 5.59. The number of furan rings is 1. The van der Waals surface area contributed by atoms with Crippen molar-refractivity contribution in [2.24, 2.45) is 0 Å². The minimum absolute atomic E-state index is 0.0784. The van der Waals surface area contributed by atoms with Crippen molar-refractivity contribution in [2.75, 3.05) is 18.5 Å². The summed E-state index contributed by atoms with van der Waals surface area (Å²) in [6.45, 7) is 8.90. The molecule has 25 heavy (non-hydrogen) atoms. The molecule has 0 saturated carbocycles. The van der Waals surface area contributed by atoms with Crippen molar-refractivity contribution in [3.05, 3.63) is 35.4 Å². The number of carbonyl (C=O) groups excluding carboxylic acids is 1. The van der Waals surface area contributed by atoms with Crippen molar-refractivity contribution < 1.29 is 9.21 Å². The fourth-order valence-electron chi connectivity index (χ4n) is 2.28. The van der Waals surface area contributed by atoms with E-state index < -0.39 is 0 Å². The SMILES string of the molecule is CCCN(C)c1cc(C)nc(SCc2ccc(C(=O)NC(C)C)o2)n1. The molecule has 0 aliphatic heterocycles. The Kier molecular flexibility index (Phi) is 6.87. The van der Waals surface area contributed by atoms with Crippen molar-refractivity contribution in [1.29, 1.82) is 0 Å². The third-order valence-electron chi connectivity index (χ3n) is 3.42. The minimum atomic E-state index is -0.193. The zero-order valence-electron chi connectivity index (χ0n) is 15.5. The maximum atomic E-state index is 11.9. The van der Waals surface area contributed by atoms with Crippen LogP contribution >= 0.6 is 11.8 Å². The van der Waals surface area contributed by atoms with Gasteiger partial charge in [-0.3, -0.25) is 4.79 Å². The van der Waals surface area contributed by atoms with Crippen LogP contribution in [0.3, 0.4) is 0 Å². The van der Waals surface area contributed by atoms with Gasteiger partial charge in [0.2, 0.25) is 0 Å². The van der Waals surface area contributed by atoms with Gasteiger partial charge in [-0.15, -0.1) is 0 Å². The number of aryl methyl sites for hydroxylation is 1. The number of nitrogens with one attached hydrogen (secondary N) is 1. The summed E-state index contributed by atoms with van der Waals surface area (Å²) in [4.78, 5) is 23.1. The summed E-state index contributed by atoms with van der Waals surface area (Å²) in [5.41, 5.74) is 0.937. The van der Waals surface area contributed by atoms with E-state index in [1.165, 1.54) is 11.8 Å². The van der Waals surface area contributed by atoms with Gasteiger partial charge in [0, 0.05) is 31.4 Å². The largest absolute Gasteiger partial charge is 0.455 e. The van der Waals surface area contributed by atoms with Crippen LogP contribution in [0.4, 0.5) is 5.82 Å². The van der Waals surface area contributed by atoms with Crippen LogP contribution in [0.25, 0.3) is 0 Å². The van der Waals surface area contributed by atoms with E-state index in [0.717, 1.165) is 30.2 Å². The number of amides is 1. The van der Waals surface area contributed by atoms with E-state index in [0.29, 0.717) is 16.7 Å². The van der Waals surface area contributed by atoms with Gasteiger partial charge in [0.05, 0.1) is 5.75 Å². The lowest BCUT2D eigenvalue weighted by molar-refractivity contribution is 0.0914. The Hall–Kier alpha value is -2.02. The van der Waals surface area contributed by atoms with Gasteiger partial charge in [0.15, 0.2) is 10.9 Å². The van der Waals surface area contributed by atoms with E-state index >= 15 is 0 Å². The van der Waals surface area contributed by atoms with Gasteiger partial charge in [-0.1, -0.05) is 18.7 Å². The van der Waals surface area contributed by atoms with E-state index in [1.54, 1.807) is 6.07 Å². The first-order valence-electron chi connectivity index (χ1n) is 8.48. The van der Waals surface area contributed by atoms with Crippen LogP contribution in [0.5, 0.6) is 0 Å². The van der Waals surface area contributed by atoms with Crippen molar-refractivity contribution in [2.45, 2.75) is 51.1 Å². The van der Waals surface area contributed by atoms with Gasteiger partial charge in [0.1, 0.15) is 11.6 Å². The highest BCUT2D eigenvalue weighted by atomic mass is 32.2. The Balaban J connectivity index is 2.02. The lowest BCUT2D eigenvalue weighted by Gasteiger charge is -2.17. The molecular weight excluding hydrogens is 336 g/mol. The van der Waals surface area contributed by atoms with Crippen molar-refractivity contribution in [3.63, 3.8) is 0 Å². The smallest absolute Gasteiger partial charge is 0.287 e. The normalized spacial score (nSPS) is 11.0. The van der Waals surface area contributed by atoms with Gasteiger partial charge in [-0.05, 0) is 39.3 Å². The Bertz CT molecular complexity index is 715. The number of hydrogen-bond donors (Lipinski definition) is 1. The fourth-order valence-corrected chi connectivity index (χ4v) is 3.07. The zero-order valence-corrected chi connectivity index (χ0v) is 16.3. The van der Waals surface area contributed by atoms with Crippen molar-refractivity contribution in [1.82, 2.24) is 15.3 Å². The number of thioether (sulfide) groups is 1. The quantitative estimate of drug-likeness (QED) is 0.571. The number of anilines is 1. The van der Waals surface area contributed by atoms with Gasteiger partial charge < -0.3 is 14.6 Å². The summed E-state index contributed by atoms with van der Waals surface area (Å²) in [5, 5.41) is 3.53. The van der Waals surface area contributed by atoms with Gasteiger partial charge in [-0.25, -0.2) is 9.97 Å². The third-order valence-corrected chi connectivity index (χ3v) is 4.29. The molecule has 0 fully saturated rings. The first kappa shape index (κ1) is 19.3. The number of aromatic nitrogens is 2. The first-order valence-corrected chi connectivity index (χ1v) is 9.46. The van der Waals surface area contributed by atoms with Crippen LogP contribution < -0.4 is 10.2 Å². The molecule has 0 atom stereocenters. The molecule has 0 unspecified atom stereocenters. The van der Waals surface area contributed by atoms with Crippen molar-refractivity contribution in [3.8, 4) is 0 Å². The Labute approximate surface area is 153 Å². The van der Waals surface area contributed by atoms with E-state index in [9.17, 15) is 4.79 Å². The summed E-state index contributed by atoms with van der Waals surface area (Å²) < 4.78 is 5.62. The van der Waals surface area contributed by atoms with Gasteiger partial charge in [0.25, 0.3) is 5.91 Å². The summed E-state index contributed by atoms with van der Waals surface area (Å²) in [5.74, 6) is 2.37. The average Bonchev–Trinajstić information content (AvgIpc) is 3.01.